The van der Waals surface area contributed by atoms with Gasteiger partial charge in [-0.2, -0.15) is 0 Å². The Bertz CT molecular complexity index is 312. The van der Waals surface area contributed by atoms with Crippen LogP contribution in [0, 0.1) is 6.92 Å². The molecule has 5 heteroatoms. The standard InChI is InChI=1S/C10H16N4O/c1-8-10(13-3-2-11-8)14-6-9-7-15-5-4-12-9/h2-3,9,12H,4-7H2,1H3,(H,13,14). The van der Waals surface area contributed by atoms with Gasteiger partial charge in [-0.15, -0.1) is 0 Å². The van der Waals surface area contributed by atoms with Gasteiger partial charge in [-0.25, -0.2) is 4.98 Å². The number of anilines is 1. The molecule has 5 nitrogen and oxygen atoms in total. The molecular formula is C10H16N4O. The largest absolute Gasteiger partial charge is 0.378 e. The lowest BCUT2D eigenvalue weighted by Gasteiger charge is -2.24. The molecule has 0 radical (unpaired) electrons. The lowest BCUT2D eigenvalue weighted by Crippen LogP contribution is -2.45. The van der Waals surface area contributed by atoms with Gasteiger partial charge >= 0.3 is 0 Å². The first-order chi connectivity index (χ1) is 7.36. The molecule has 0 saturated carbocycles. The molecule has 1 aliphatic rings. The summed E-state index contributed by atoms with van der Waals surface area (Å²) in [5, 5.41) is 6.64. The number of nitrogens with one attached hydrogen (secondary N) is 2. The maximum absolute atomic E-state index is 5.36. The third kappa shape index (κ3) is 2.87. The van der Waals surface area contributed by atoms with Crippen LogP contribution in [0.15, 0.2) is 12.4 Å². The summed E-state index contributed by atoms with van der Waals surface area (Å²) in [6.45, 7) is 5.25. The lowest BCUT2D eigenvalue weighted by molar-refractivity contribution is 0.0806. The van der Waals surface area contributed by atoms with E-state index in [9.17, 15) is 0 Å². The van der Waals surface area contributed by atoms with Gasteiger partial charge in [0.1, 0.15) is 5.82 Å². The van der Waals surface area contributed by atoms with Crippen molar-refractivity contribution in [2.24, 2.45) is 0 Å². The van der Waals surface area contributed by atoms with E-state index in [0.29, 0.717) is 6.04 Å². The van der Waals surface area contributed by atoms with Gasteiger partial charge in [-0.1, -0.05) is 0 Å². The molecule has 2 N–H and O–H groups in total. The molecule has 1 aromatic heterocycles. The number of ether oxygens (including phenoxy) is 1. The predicted octanol–water partition coefficient (Wildman–Crippen LogP) is 0.185. The molecule has 1 aromatic rings. The topological polar surface area (TPSA) is 59.1 Å². The summed E-state index contributed by atoms with van der Waals surface area (Å²) >= 11 is 0. The molecule has 0 aromatic carbocycles. The summed E-state index contributed by atoms with van der Waals surface area (Å²) in [5.41, 5.74) is 0.925. The van der Waals surface area contributed by atoms with E-state index in [-0.39, 0.29) is 0 Å². The van der Waals surface area contributed by atoms with Gasteiger partial charge in [0.2, 0.25) is 0 Å². The quantitative estimate of drug-likeness (QED) is 0.742. The smallest absolute Gasteiger partial charge is 0.147 e. The summed E-state index contributed by atoms with van der Waals surface area (Å²) in [6.07, 6.45) is 3.39. The summed E-state index contributed by atoms with van der Waals surface area (Å²) in [4.78, 5) is 8.39. The van der Waals surface area contributed by atoms with Crippen LogP contribution in [0.25, 0.3) is 0 Å². The van der Waals surface area contributed by atoms with Crippen LogP contribution < -0.4 is 10.6 Å². The van der Waals surface area contributed by atoms with Crippen molar-refractivity contribution >= 4 is 5.82 Å². The van der Waals surface area contributed by atoms with E-state index >= 15 is 0 Å². The van der Waals surface area contributed by atoms with Crippen molar-refractivity contribution < 1.29 is 4.74 Å². The number of hydrogen-bond acceptors (Lipinski definition) is 5. The minimum Gasteiger partial charge on any atom is -0.378 e. The number of morpholine rings is 1. The zero-order chi connectivity index (χ0) is 10.5. The summed E-state index contributed by atoms with van der Waals surface area (Å²) in [5.74, 6) is 0.852. The summed E-state index contributed by atoms with van der Waals surface area (Å²) in [6, 6.07) is 0.361. The Balaban J connectivity index is 1.84. The molecule has 1 aliphatic heterocycles. The Labute approximate surface area is 89.3 Å². The van der Waals surface area contributed by atoms with Gasteiger partial charge in [-0.3, -0.25) is 4.98 Å². The SMILES string of the molecule is Cc1nccnc1NCC1COCCN1. The van der Waals surface area contributed by atoms with E-state index in [1.165, 1.54) is 0 Å². The average molecular weight is 208 g/mol. The van der Waals surface area contributed by atoms with Crippen LogP contribution in [0.2, 0.25) is 0 Å². The van der Waals surface area contributed by atoms with E-state index in [2.05, 4.69) is 20.6 Å². The molecule has 1 saturated heterocycles. The van der Waals surface area contributed by atoms with E-state index in [0.717, 1.165) is 37.8 Å². The Morgan fingerprint density at radius 2 is 2.40 bits per heavy atom. The van der Waals surface area contributed by atoms with E-state index in [4.69, 9.17) is 4.74 Å². The van der Waals surface area contributed by atoms with Gasteiger partial charge in [-0.05, 0) is 6.92 Å². The Hall–Kier alpha value is -1.20. The van der Waals surface area contributed by atoms with Crippen LogP contribution in [0.5, 0.6) is 0 Å². The van der Waals surface area contributed by atoms with Crippen molar-refractivity contribution in [1.82, 2.24) is 15.3 Å². The Kier molecular flexibility index (Phi) is 3.47. The maximum Gasteiger partial charge on any atom is 0.147 e. The first kappa shape index (κ1) is 10.3. The minimum absolute atomic E-state index is 0.361. The second-order valence-electron chi connectivity index (χ2n) is 3.60. The molecule has 0 aliphatic carbocycles. The number of aryl methyl sites for hydroxylation is 1. The van der Waals surface area contributed by atoms with Crippen LogP contribution in [0.4, 0.5) is 5.82 Å². The highest BCUT2D eigenvalue weighted by Gasteiger charge is 2.12. The molecule has 1 fully saturated rings. The van der Waals surface area contributed by atoms with E-state index in [1.807, 2.05) is 6.92 Å². The first-order valence-electron chi connectivity index (χ1n) is 5.19. The fraction of sp³-hybridized carbons (Fsp3) is 0.600. The minimum atomic E-state index is 0.361. The fourth-order valence-electron chi connectivity index (χ4n) is 1.55. The maximum atomic E-state index is 5.36. The molecule has 1 atom stereocenters. The third-order valence-electron chi connectivity index (χ3n) is 2.40. The van der Waals surface area contributed by atoms with Crippen molar-refractivity contribution in [2.45, 2.75) is 13.0 Å². The normalized spacial score (nSPS) is 21.3. The molecule has 2 heterocycles. The number of rotatable bonds is 3. The van der Waals surface area contributed by atoms with Crippen LogP contribution in [0.3, 0.4) is 0 Å². The number of nitrogens with zero attached hydrogens (tertiary/aromatic N) is 2. The van der Waals surface area contributed by atoms with Crippen molar-refractivity contribution in [3.63, 3.8) is 0 Å². The van der Waals surface area contributed by atoms with Crippen LogP contribution in [0.1, 0.15) is 5.69 Å². The fourth-order valence-corrected chi connectivity index (χ4v) is 1.55. The zero-order valence-corrected chi connectivity index (χ0v) is 8.86. The molecule has 0 spiro atoms. The molecule has 2 rings (SSSR count). The highest BCUT2D eigenvalue weighted by atomic mass is 16.5. The van der Waals surface area contributed by atoms with Crippen LogP contribution in [-0.2, 0) is 4.74 Å². The molecule has 1 unspecified atom stereocenters. The zero-order valence-electron chi connectivity index (χ0n) is 8.86. The molecular weight excluding hydrogens is 192 g/mol. The predicted molar refractivity (Wildman–Crippen MR) is 57.9 cm³/mol. The monoisotopic (exact) mass is 208 g/mol. The van der Waals surface area contributed by atoms with Crippen LogP contribution in [-0.4, -0.2) is 42.3 Å². The summed E-state index contributed by atoms with van der Waals surface area (Å²) < 4.78 is 5.36. The van der Waals surface area contributed by atoms with Crippen molar-refractivity contribution in [1.29, 1.82) is 0 Å². The Morgan fingerprint density at radius 3 is 3.13 bits per heavy atom. The average Bonchev–Trinajstić information content (AvgIpc) is 2.29. The molecule has 82 valence electrons. The highest BCUT2D eigenvalue weighted by molar-refractivity contribution is 5.38. The number of hydrogen-bond donors (Lipinski definition) is 2. The Morgan fingerprint density at radius 1 is 1.53 bits per heavy atom. The van der Waals surface area contributed by atoms with Gasteiger partial charge in [0.15, 0.2) is 0 Å². The van der Waals surface area contributed by atoms with Crippen molar-refractivity contribution in [2.75, 3.05) is 31.6 Å². The summed E-state index contributed by atoms with van der Waals surface area (Å²) in [7, 11) is 0. The van der Waals surface area contributed by atoms with Crippen molar-refractivity contribution in [3.8, 4) is 0 Å². The van der Waals surface area contributed by atoms with Gasteiger partial charge in [0, 0.05) is 31.5 Å². The first-order valence-corrected chi connectivity index (χ1v) is 5.19. The second-order valence-corrected chi connectivity index (χ2v) is 3.60. The second kappa shape index (κ2) is 5.04. The van der Waals surface area contributed by atoms with Crippen molar-refractivity contribution in [3.05, 3.63) is 18.1 Å². The van der Waals surface area contributed by atoms with E-state index in [1.54, 1.807) is 12.4 Å². The van der Waals surface area contributed by atoms with Gasteiger partial charge in [0.05, 0.1) is 18.9 Å². The van der Waals surface area contributed by atoms with Crippen LogP contribution >= 0.6 is 0 Å². The third-order valence-corrected chi connectivity index (χ3v) is 2.40. The van der Waals surface area contributed by atoms with Gasteiger partial charge in [0.25, 0.3) is 0 Å². The molecule has 15 heavy (non-hydrogen) atoms. The molecule has 0 amide bonds. The van der Waals surface area contributed by atoms with Gasteiger partial charge < -0.3 is 15.4 Å². The highest BCUT2D eigenvalue weighted by Crippen LogP contribution is 2.06. The molecule has 0 bridgehead atoms. The number of aromatic nitrogens is 2. The van der Waals surface area contributed by atoms with E-state index < -0.39 is 0 Å². The lowest BCUT2D eigenvalue weighted by atomic mass is 10.3.